The summed E-state index contributed by atoms with van der Waals surface area (Å²) in [6.45, 7) is 1.07. The van der Waals surface area contributed by atoms with Crippen LogP contribution in [-0.4, -0.2) is 43.5 Å². The van der Waals surface area contributed by atoms with Crippen molar-refractivity contribution >= 4 is 29.8 Å². The van der Waals surface area contributed by atoms with Gasteiger partial charge in [0.05, 0.1) is 12.3 Å². The van der Waals surface area contributed by atoms with Crippen molar-refractivity contribution < 1.29 is 14.3 Å². The third-order valence-corrected chi connectivity index (χ3v) is 3.96. The highest BCUT2D eigenvalue weighted by Crippen LogP contribution is 2.13. The van der Waals surface area contributed by atoms with E-state index in [2.05, 4.69) is 15.8 Å². The summed E-state index contributed by atoms with van der Waals surface area (Å²) < 4.78 is 5.36. The molecule has 2 rings (SSSR count). The van der Waals surface area contributed by atoms with Crippen LogP contribution in [0.2, 0.25) is 0 Å². The van der Waals surface area contributed by atoms with E-state index >= 15 is 0 Å². The van der Waals surface area contributed by atoms with E-state index in [-0.39, 0.29) is 6.10 Å². The molecule has 1 fully saturated rings. The second-order valence-electron chi connectivity index (χ2n) is 4.82. The van der Waals surface area contributed by atoms with E-state index in [9.17, 15) is 9.59 Å². The molecule has 0 spiro atoms. The zero-order valence-electron chi connectivity index (χ0n) is 12.4. The predicted octanol–water partition coefficient (Wildman–Crippen LogP) is 1.15. The van der Waals surface area contributed by atoms with Gasteiger partial charge in [-0.15, -0.1) is 11.8 Å². The average Bonchev–Trinajstić information content (AvgIpc) is 3.06. The van der Waals surface area contributed by atoms with Gasteiger partial charge in [0.15, 0.2) is 0 Å². The minimum Gasteiger partial charge on any atom is -0.376 e. The first-order valence-corrected chi connectivity index (χ1v) is 8.28. The standard InChI is InChI=1S/C15H19N3O3S/c1-22-13-6-4-11(5-7-13)9-17-18-15(20)14(19)16-10-12-3-2-8-21-12/h4-7,9,12H,2-3,8,10H2,1H3,(H,16,19)(H,18,20)/b17-9-/t12-/m1/s1. The molecule has 0 radical (unpaired) electrons. The Hall–Kier alpha value is -1.86. The number of carbonyl (C=O) groups is 2. The Bertz CT molecular complexity index is 539. The molecule has 1 aliphatic heterocycles. The molecular weight excluding hydrogens is 302 g/mol. The molecule has 0 bridgehead atoms. The lowest BCUT2D eigenvalue weighted by Gasteiger charge is -2.09. The van der Waals surface area contributed by atoms with Crippen molar-refractivity contribution in [2.75, 3.05) is 19.4 Å². The SMILES string of the molecule is CSc1ccc(/C=N\NC(=O)C(=O)NC[C@H]2CCCO2)cc1. The van der Waals surface area contributed by atoms with E-state index in [1.807, 2.05) is 30.5 Å². The molecule has 1 aromatic rings. The topological polar surface area (TPSA) is 79.8 Å². The average molecular weight is 321 g/mol. The van der Waals surface area contributed by atoms with Gasteiger partial charge in [-0.1, -0.05) is 12.1 Å². The predicted molar refractivity (Wildman–Crippen MR) is 85.9 cm³/mol. The number of hydrazone groups is 1. The Morgan fingerprint density at radius 2 is 2.14 bits per heavy atom. The molecule has 1 saturated heterocycles. The number of ether oxygens (including phenoxy) is 1. The van der Waals surface area contributed by atoms with Crippen molar-refractivity contribution in [2.45, 2.75) is 23.8 Å². The molecule has 0 saturated carbocycles. The Balaban J connectivity index is 1.73. The normalized spacial score (nSPS) is 17.6. The maximum Gasteiger partial charge on any atom is 0.329 e. The van der Waals surface area contributed by atoms with Crippen LogP contribution < -0.4 is 10.7 Å². The minimum atomic E-state index is -0.782. The van der Waals surface area contributed by atoms with Crippen molar-refractivity contribution in [3.8, 4) is 0 Å². The zero-order chi connectivity index (χ0) is 15.8. The molecule has 2 amide bonds. The summed E-state index contributed by atoms with van der Waals surface area (Å²) in [4.78, 5) is 24.3. The molecule has 6 nitrogen and oxygen atoms in total. The van der Waals surface area contributed by atoms with Crippen LogP contribution in [0.4, 0.5) is 0 Å². The van der Waals surface area contributed by atoms with Crippen LogP contribution in [0.5, 0.6) is 0 Å². The molecule has 1 heterocycles. The number of benzene rings is 1. The van der Waals surface area contributed by atoms with Crippen molar-refractivity contribution in [3.63, 3.8) is 0 Å². The van der Waals surface area contributed by atoms with E-state index in [4.69, 9.17) is 4.74 Å². The monoisotopic (exact) mass is 321 g/mol. The van der Waals surface area contributed by atoms with Crippen LogP contribution in [-0.2, 0) is 14.3 Å². The number of hydrogen-bond acceptors (Lipinski definition) is 5. The molecule has 118 valence electrons. The number of hydrogen-bond donors (Lipinski definition) is 2. The van der Waals surface area contributed by atoms with Crippen LogP contribution in [0.3, 0.4) is 0 Å². The fourth-order valence-corrected chi connectivity index (χ4v) is 2.41. The first-order valence-electron chi connectivity index (χ1n) is 7.06. The lowest BCUT2D eigenvalue weighted by molar-refractivity contribution is -0.139. The van der Waals surface area contributed by atoms with E-state index in [0.29, 0.717) is 13.2 Å². The molecule has 2 N–H and O–H groups in total. The first kappa shape index (κ1) is 16.5. The highest BCUT2D eigenvalue weighted by atomic mass is 32.2. The van der Waals surface area contributed by atoms with Crippen molar-refractivity contribution in [3.05, 3.63) is 29.8 Å². The smallest absolute Gasteiger partial charge is 0.329 e. The van der Waals surface area contributed by atoms with Gasteiger partial charge in [0.2, 0.25) is 0 Å². The van der Waals surface area contributed by atoms with Crippen LogP contribution in [0.25, 0.3) is 0 Å². The minimum absolute atomic E-state index is 0.00945. The Kier molecular flexibility index (Phi) is 6.42. The van der Waals surface area contributed by atoms with Gasteiger partial charge < -0.3 is 10.1 Å². The van der Waals surface area contributed by atoms with Gasteiger partial charge in [-0.3, -0.25) is 9.59 Å². The number of nitrogens with one attached hydrogen (secondary N) is 2. The summed E-state index contributed by atoms with van der Waals surface area (Å²) in [5.74, 6) is -1.49. The van der Waals surface area contributed by atoms with Crippen LogP contribution >= 0.6 is 11.8 Å². The summed E-state index contributed by atoms with van der Waals surface area (Å²) >= 11 is 1.65. The second-order valence-corrected chi connectivity index (χ2v) is 5.70. The van der Waals surface area contributed by atoms with Gasteiger partial charge in [0.1, 0.15) is 0 Å². The Morgan fingerprint density at radius 1 is 1.36 bits per heavy atom. The molecule has 0 aromatic heterocycles. The Morgan fingerprint density at radius 3 is 2.77 bits per heavy atom. The molecule has 1 aromatic carbocycles. The van der Waals surface area contributed by atoms with E-state index in [1.54, 1.807) is 11.8 Å². The summed E-state index contributed by atoms with van der Waals surface area (Å²) in [6, 6.07) is 7.70. The van der Waals surface area contributed by atoms with Gasteiger partial charge in [0, 0.05) is 18.0 Å². The fraction of sp³-hybridized carbons (Fsp3) is 0.400. The van der Waals surface area contributed by atoms with Gasteiger partial charge in [-0.2, -0.15) is 5.10 Å². The second kappa shape index (κ2) is 8.55. The number of amides is 2. The maximum absolute atomic E-state index is 11.6. The molecule has 0 aliphatic carbocycles. The molecule has 0 unspecified atom stereocenters. The number of rotatable bonds is 5. The lowest BCUT2D eigenvalue weighted by Crippen LogP contribution is -2.41. The molecule has 22 heavy (non-hydrogen) atoms. The third-order valence-electron chi connectivity index (χ3n) is 3.22. The summed E-state index contributed by atoms with van der Waals surface area (Å²) in [5, 5.41) is 6.31. The Labute approximate surface area is 133 Å². The van der Waals surface area contributed by atoms with Gasteiger partial charge in [0.25, 0.3) is 0 Å². The maximum atomic E-state index is 11.6. The summed E-state index contributed by atoms with van der Waals surface area (Å²) in [5.41, 5.74) is 3.05. The van der Waals surface area contributed by atoms with Crippen LogP contribution in [0.15, 0.2) is 34.3 Å². The molecular formula is C15H19N3O3S. The summed E-state index contributed by atoms with van der Waals surface area (Å²) in [7, 11) is 0. The highest BCUT2D eigenvalue weighted by molar-refractivity contribution is 7.98. The fourth-order valence-electron chi connectivity index (χ4n) is 2.00. The molecule has 7 heteroatoms. The largest absolute Gasteiger partial charge is 0.376 e. The number of thioether (sulfide) groups is 1. The number of carbonyl (C=O) groups excluding carboxylic acids is 2. The van der Waals surface area contributed by atoms with Gasteiger partial charge in [-0.25, -0.2) is 5.43 Å². The van der Waals surface area contributed by atoms with E-state index < -0.39 is 11.8 Å². The van der Waals surface area contributed by atoms with Crippen molar-refractivity contribution in [1.29, 1.82) is 0 Å². The lowest BCUT2D eigenvalue weighted by atomic mass is 10.2. The number of nitrogens with zero attached hydrogens (tertiary/aromatic N) is 1. The van der Waals surface area contributed by atoms with Crippen LogP contribution in [0.1, 0.15) is 18.4 Å². The van der Waals surface area contributed by atoms with E-state index in [0.717, 1.165) is 23.3 Å². The van der Waals surface area contributed by atoms with Gasteiger partial charge in [-0.05, 0) is 36.8 Å². The molecule has 1 atom stereocenters. The van der Waals surface area contributed by atoms with E-state index in [1.165, 1.54) is 6.21 Å². The zero-order valence-corrected chi connectivity index (χ0v) is 13.2. The quantitative estimate of drug-likeness (QED) is 0.369. The third kappa shape index (κ3) is 5.16. The molecule has 1 aliphatic rings. The highest BCUT2D eigenvalue weighted by Gasteiger charge is 2.18. The van der Waals surface area contributed by atoms with Crippen molar-refractivity contribution in [1.82, 2.24) is 10.7 Å². The first-order chi connectivity index (χ1) is 10.7. The van der Waals surface area contributed by atoms with Crippen LogP contribution in [0, 0.1) is 0 Å². The van der Waals surface area contributed by atoms with Gasteiger partial charge >= 0.3 is 11.8 Å². The van der Waals surface area contributed by atoms with Crippen molar-refractivity contribution in [2.24, 2.45) is 5.10 Å². The summed E-state index contributed by atoms with van der Waals surface area (Å²) in [6.07, 6.45) is 5.40.